The van der Waals surface area contributed by atoms with E-state index in [4.69, 9.17) is 4.74 Å². The largest absolute Gasteiger partial charge is 0.492 e. The summed E-state index contributed by atoms with van der Waals surface area (Å²) in [5, 5.41) is 3.00. The third-order valence-corrected chi connectivity index (χ3v) is 5.47. The summed E-state index contributed by atoms with van der Waals surface area (Å²) >= 11 is 0. The van der Waals surface area contributed by atoms with Gasteiger partial charge in [-0.25, -0.2) is 8.42 Å². The molecule has 1 aromatic carbocycles. The number of hydrogen-bond donors (Lipinski definition) is 1. The van der Waals surface area contributed by atoms with E-state index in [1.165, 1.54) is 12.8 Å². The maximum Gasteiger partial charge on any atom is 0.240 e. The van der Waals surface area contributed by atoms with E-state index in [0.717, 1.165) is 36.2 Å². The molecule has 0 aromatic heterocycles. The highest BCUT2D eigenvalue weighted by Crippen LogP contribution is 2.29. The van der Waals surface area contributed by atoms with Crippen molar-refractivity contribution in [1.82, 2.24) is 5.32 Å². The van der Waals surface area contributed by atoms with Gasteiger partial charge in [0.25, 0.3) is 0 Å². The maximum atomic E-state index is 12.5. The maximum absolute atomic E-state index is 12.5. The number of anilines is 1. The first-order valence-electron chi connectivity index (χ1n) is 8.90. The molecule has 6 nitrogen and oxygen atoms in total. The summed E-state index contributed by atoms with van der Waals surface area (Å²) in [6, 6.07) is 7.02. The van der Waals surface area contributed by atoms with Gasteiger partial charge in [0, 0.05) is 6.04 Å². The predicted octanol–water partition coefficient (Wildman–Crippen LogP) is 2.69. The highest BCUT2D eigenvalue weighted by Gasteiger charge is 2.25. The SMILES string of the molecule is CCOc1ccccc1N(CC(=O)NC1CCCCCC1)S(C)(=O)=O. The quantitative estimate of drug-likeness (QED) is 0.751. The fraction of sp³-hybridized carbons (Fsp3) is 0.611. The van der Waals surface area contributed by atoms with Gasteiger partial charge in [0.2, 0.25) is 15.9 Å². The Morgan fingerprint density at radius 3 is 2.44 bits per heavy atom. The number of carbonyl (C=O) groups excluding carboxylic acids is 1. The second-order valence-corrected chi connectivity index (χ2v) is 8.33. The summed E-state index contributed by atoms with van der Waals surface area (Å²) in [4.78, 5) is 12.5. The molecule has 1 amide bonds. The zero-order chi connectivity index (χ0) is 18.3. The molecule has 0 aliphatic heterocycles. The van der Waals surface area contributed by atoms with E-state index < -0.39 is 10.0 Å². The minimum atomic E-state index is -3.61. The number of rotatable bonds is 7. The Labute approximate surface area is 150 Å². The van der Waals surface area contributed by atoms with Crippen molar-refractivity contribution < 1.29 is 17.9 Å². The van der Waals surface area contributed by atoms with Gasteiger partial charge in [-0.3, -0.25) is 9.10 Å². The monoisotopic (exact) mass is 368 g/mol. The molecule has 0 spiro atoms. The van der Waals surface area contributed by atoms with Gasteiger partial charge in [-0.15, -0.1) is 0 Å². The number of sulfonamides is 1. The molecule has 1 fully saturated rings. The van der Waals surface area contributed by atoms with Gasteiger partial charge < -0.3 is 10.1 Å². The molecular formula is C18H28N2O4S. The summed E-state index contributed by atoms with van der Waals surface area (Å²) in [6.45, 7) is 2.02. The normalized spacial score (nSPS) is 16.1. The zero-order valence-electron chi connectivity index (χ0n) is 15.0. The Morgan fingerprint density at radius 1 is 1.20 bits per heavy atom. The number of nitrogens with one attached hydrogen (secondary N) is 1. The van der Waals surface area contributed by atoms with Gasteiger partial charge in [0.15, 0.2) is 0 Å². The molecule has 7 heteroatoms. The number of ether oxygens (including phenoxy) is 1. The molecular weight excluding hydrogens is 340 g/mol. The Kier molecular flexibility index (Phi) is 7.11. The number of carbonyl (C=O) groups is 1. The number of nitrogens with zero attached hydrogens (tertiary/aromatic N) is 1. The van der Waals surface area contributed by atoms with Crippen molar-refractivity contribution in [2.75, 3.05) is 23.7 Å². The van der Waals surface area contributed by atoms with Crippen LogP contribution in [0, 0.1) is 0 Å². The Hall–Kier alpha value is -1.76. The highest BCUT2D eigenvalue weighted by molar-refractivity contribution is 7.92. The highest BCUT2D eigenvalue weighted by atomic mass is 32.2. The molecule has 140 valence electrons. The van der Waals surface area contributed by atoms with Crippen LogP contribution in [0.4, 0.5) is 5.69 Å². The lowest BCUT2D eigenvalue weighted by Gasteiger charge is -2.25. The average molecular weight is 368 g/mol. The molecule has 1 aromatic rings. The lowest BCUT2D eigenvalue weighted by atomic mass is 10.1. The van der Waals surface area contributed by atoms with Gasteiger partial charge in [0.05, 0.1) is 18.6 Å². The van der Waals surface area contributed by atoms with Gasteiger partial charge in [-0.2, -0.15) is 0 Å². The average Bonchev–Trinajstić information content (AvgIpc) is 2.81. The zero-order valence-corrected chi connectivity index (χ0v) is 15.8. The Bertz CT molecular complexity index is 667. The first-order chi connectivity index (χ1) is 11.9. The fourth-order valence-corrected chi connectivity index (χ4v) is 4.01. The second kappa shape index (κ2) is 9.08. The standard InChI is InChI=1S/C18H28N2O4S/c1-3-24-17-13-9-8-12-16(17)20(25(2,22)23)14-18(21)19-15-10-6-4-5-7-11-15/h8-9,12-13,15H,3-7,10-11,14H2,1-2H3,(H,19,21). The number of hydrogen-bond acceptors (Lipinski definition) is 4. The van der Waals surface area contributed by atoms with Crippen molar-refractivity contribution in [3.8, 4) is 5.75 Å². The fourth-order valence-electron chi connectivity index (χ4n) is 3.15. The summed E-state index contributed by atoms with van der Waals surface area (Å²) in [5.74, 6) is 0.182. The van der Waals surface area contributed by atoms with E-state index in [2.05, 4.69) is 5.32 Å². The van der Waals surface area contributed by atoms with E-state index >= 15 is 0 Å². The minimum absolute atomic E-state index is 0.138. The topological polar surface area (TPSA) is 75.7 Å². The predicted molar refractivity (Wildman–Crippen MR) is 99.4 cm³/mol. The van der Waals surface area contributed by atoms with E-state index in [1.54, 1.807) is 24.3 Å². The third kappa shape index (κ3) is 5.92. The van der Waals surface area contributed by atoms with E-state index in [0.29, 0.717) is 18.0 Å². The van der Waals surface area contributed by atoms with Crippen LogP contribution < -0.4 is 14.4 Å². The van der Waals surface area contributed by atoms with Crippen molar-refractivity contribution in [3.63, 3.8) is 0 Å². The summed E-state index contributed by atoms with van der Waals surface area (Å²) in [5.41, 5.74) is 0.392. The van der Waals surface area contributed by atoms with Crippen molar-refractivity contribution in [1.29, 1.82) is 0 Å². The molecule has 0 bridgehead atoms. The smallest absolute Gasteiger partial charge is 0.240 e. The molecule has 0 radical (unpaired) electrons. The Balaban J connectivity index is 2.14. The van der Waals surface area contributed by atoms with Crippen LogP contribution in [-0.2, 0) is 14.8 Å². The van der Waals surface area contributed by atoms with Crippen LogP contribution in [0.15, 0.2) is 24.3 Å². The van der Waals surface area contributed by atoms with Crippen LogP contribution in [-0.4, -0.2) is 39.8 Å². The van der Waals surface area contributed by atoms with Crippen molar-refractivity contribution in [3.05, 3.63) is 24.3 Å². The van der Waals surface area contributed by atoms with Gasteiger partial charge >= 0.3 is 0 Å². The van der Waals surface area contributed by atoms with Crippen molar-refractivity contribution >= 4 is 21.6 Å². The molecule has 2 rings (SSSR count). The third-order valence-electron chi connectivity index (χ3n) is 4.34. The van der Waals surface area contributed by atoms with E-state index in [-0.39, 0.29) is 18.5 Å². The summed E-state index contributed by atoms with van der Waals surface area (Å²) < 4.78 is 31.2. The first-order valence-corrected chi connectivity index (χ1v) is 10.8. The lowest BCUT2D eigenvalue weighted by Crippen LogP contribution is -2.44. The van der Waals surface area contributed by atoms with E-state index in [9.17, 15) is 13.2 Å². The number of para-hydroxylation sites is 2. The van der Waals surface area contributed by atoms with Crippen LogP contribution in [0.1, 0.15) is 45.4 Å². The second-order valence-electron chi connectivity index (χ2n) is 6.43. The first kappa shape index (κ1) is 19.6. The van der Waals surface area contributed by atoms with Gasteiger partial charge in [0.1, 0.15) is 12.3 Å². The van der Waals surface area contributed by atoms with Crippen LogP contribution >= 0.6 is 0 Å². The molecule has 0 heterocycles. The van der Waals surface area contributed by atoms with Crippen LogP contribution in [0.25, 0.3) is 0 Å². The van der Waals surface area contributed by atoms with Crippen molar-refractivity contribution in [2.45, 2.75) is 51.5 Å². The van der Waals surface area contributed by atoms with Gasteiger partial charge in [-0.05, 0) is 31.9 Å². The molecule has 0 saturated heterocycles. The molecule has 1 aliphatic carbocycles. The van der Waals surface area contributed by atoms with E-state index in [1.807, 2.05) is 6.92 Å². The van der Waals surface area contributed by atoms with Crippen LogP contribution in [0.5, 0.6) is 5.75 Å². The molecule has 0 unspecified atom stereocenters. The molecule has 1 aliphatic rings. The van der Waals surface area contributed by atoms with Crippen LogP contribution in [0.2, 0.25) is 0 Å². The minimum Gasteiger partial charge on any atom is -0.492 e. The summed E-state index contributed by atoms with van der Waals surface area (Å²) in [6.07, 6.45) is 7.63. The van der Waals surface area contributed by atoms with Crippen LogP contribution in [0.3, 0.4) is 0 Å². The number of benzene rings is 1. The summed E-state index contributed by atoms with van der Waals surface area (Å²) in [7, 11) is -3.61. The van der Waals surface area contributed by atoms with Gasteiger partial charge in [-0.1, -0.05) is 37.8 Å². The molecule has 0 atom stereocenters. The lowest BCUT2D eigenvalue weighted by molar-refractivity contribution is -0.120. The van der Waals surface area contributed by atoms with Crippen molar-refractivity contribution in [2.24, 2.45) is 0 Å². The molecule has 1 saturated carbocycles. The molecule has 1 N–H and O–H groups in total. The Morgan fingerprint density at radius 2 is 1.84 bits per heavy atom. The molecule has 25 heavy (non-hydrogen) atoms. The number of amides is 1.